The molecule has 0 aromatic heterocycles. The molecule has 1 aliphatic rings. The molecule has 0 N–H and O–H groups in total. The first-order chi connectivity index (χ1) is 6.32. The Morgan fingerprint density at radius 3 is 2.29 bits per heavy atom. The van der Waals surface area contributed by atoms with E-state index in [0.29, 0.717) is 5.78 Å². The van der Waals surface area contributed by atoms with E-state index in [9.17, 15) is 4.79 Å². The molecule has 0 amide bonds. The normalized spacial score (nSPS) is 30.4. The lowest BCUT2D eigenvalue weighted by molar-refractivity contribution is -0.132. The molecule has 1 aliphatic heterocycles. The van der Waals surface area contributed by atoms with Crippen LogP contribution < -0.4 is 0 Å². The molecule has 1 saturated heterocycles. The number of hydrogen-bond acceptors (Lipinski definition) is 2. The average molecular weight is 197 g/mol. The smallest absolute Gasteiger partial charge is 0.155 e. The van der Waals surface area contributed by atoms with Gasteiger partial charge in [-0.05, 0) is 25.8 Å². The molecule has 2 unspecified atom stereocenters. The summed E-state index contributed by atoms with van der Waals surface area (Å²) < 4.78 is 0. The Morgan fingerprint density at radius 2 is 1.86 bits per heavy atom. The van der Waals surface area contributed by atoms with Crippen molar-refractivity contribution in [3.8, 4) is 0 Å². The van der Waals surface area contributed by atoms with E-state index in [1.165, 1.54) is 6.42 Å². The van der Waals surface area contributed by atoms with E-state index in [-0.39, 0.29) is 11.5 Å². The maximum atomic E-state index is 12.1. The van der Waals surface area contributed by atoms with Crippen molar-refractivity contribution in [2.75, 3.05) is 13.6 Å². The largest absolute Gasteiger partial charge is 0.297 e. The predicted molar refractivity (Wildman–Crippen MR) is 59.3 cm³/mol. The fourth-order valence-corrected chi connectivity index (χ4v) is 2.20. The summed E-state index contributed by atoms with van der Waals surface area (Å²) in [6.07, 6.45) is 2.23. The van der Waals surface area contributed by atoms with Crippen LogP contribution in [-0.2, 0) is 4.79 Å². The number of carbonyl (C=O) groups excluding carboxylic acids is 1. The summed E-state index contributed by atoms with van der Waals surface area (Å²) in [6.45, 7) is 9.37. The van der Waals surface area contributed by atoms with E-state index < -0.39 is 0 Å². The van der Waals surface area contributed by atoms with Gasteiger partial charge in [0.2, 0.25) is 0 Å². The minimum Gasteiger partial charge on any atom is -0.297 e. The van der Waals surface area contributed by atoms with Crippen molar-refractivity contribution in [1.82, 2.24) is 4.90 Å². The SMILES string of the molecule is CC1CCC(C(=O)C(C)(C)C)N(C)C1. The third kappa shape index (κ3) is 2.57. The van der Waals surface area contributed by atoms with Gasteiger partial charge in [0.15, 0.2) is 5.78 Å². The van der Waals surface area contributed by atoms with Gasteiger partial charge in [0.1, 0.15) is 0 Å². The van der Waals surface area contributed by atoms with Crippen LogP contribution in [0.3, 0.4) is 0 Å². The van der Waals surface area contributed by atoms with Gasteiger partial charge in [0.25, 0.3) is 0 Å². The molecule has 0 aromatic carbocycles. The summed E-state index contributed by atoms with van der Waals surface area (Å²) in [5.41, 5.74) is -0.195. The summed E-state index contributed by atoms with van der Waals surface area (Å²) >= 11 is 0. The van der Waals surface area contributed by atoms with E-state index in [2.05, 4.69) is 18.9 Å². The molecule has 2 atom stereocenters. The Morgan fingerprint density at radius 1 is 1.29 bits per heavy atom. The van der Waals surface area contributed by atoms with Gasteiger partial charge in [0, 0.05) is 12.0 Å². The molecule has 0 aromatic rings. The lowest BCUT2D eigenvalue weighted by Crippen LogP contribution is -2.48. The quantitative estimate of drug-likeness (QED) is 0.643. The molecule has 1 fully saturated rings. The number of rotatable bonds is 1. The van der Waals surface area contributed by atoms with E-state index >= 15 is 0 Å². The minimum absolute atomic E-state index is 0.159. The lowest BCUT2D eigenvalue weighted by Gasteiger charge is -2.37. The first kappa shape index (κ1) is 11.7. The number of carbonyl (C=O) groups is 1. The maximum Gasteiger partial charge on any atom is 0.155 e. The van der Waals surface area contributed by atoms with Crippen LogP contribution in [0.4, 0.5) is 0 Å². The van der Waals surface area contributed by atoms with Gasteiger partial charge in [0.05, 0.1) is 6.04 Å². The van der Waals surface area contributed by atoms with Crippen molar-refractivity contribution in [3.63, 3.8) is 0 Å². The number of likely N-dealkylation sites (tertiary alicyclic amines) is 1. The molecule has 82 valence electrons. The maximum absolute atomic E-state index is 12.1. The van der Waals surface area contributed by atoms with E-state index in [4.69, 9.17) is 0 Å². The summed E-state index contributed by atoms with van der Waals surface area (Å²) in [5.74, 6) is 1.14. The van der Waals surface area contributed by atoms with Crippen LogP contribution in [0.2, 0.25) is 0 Å². The van der Waals surface area contributed by atoms with Gasteiger partial charge in [-0.3, -0.25) is 9.69 Å². The summed E-state index contributed by atoms with van der Waals surface area (Å²) in [6, 6.07) is 0.159. The number of likely N-dealkylation sites (N-methyl/N-ethyl adjacent to an activating group) is 1. The van der Waals surface area contributed by atoms with Gasteiger partial charge in [-0.2, -0.15) is 0 Å². The Hall–Kier alpha value is -0.370. The molecule has 0 radical (unpaired) electrons. The highest BCUT2D eigenvalue weighted by molar-refractivity contribution is 5.88. The van der Waals surface area contributed by atoms with Crippen LogP contribution in [0.5, 0.6) is 0 Å². The Labute approximate surface area is 87.7 Å². The van der Waals surface area contributed by atoms with Crippen molar-refractivity contribution in [1.29, 1.82) is 0 Å². The number of ketones is 1. The standard InChI is InChI=1S/C12H23NO/c1-9-6-7-10(13(5)8-9)11(14)12(2,3)4/h9-10H,6-8H2,1-5H3. The number of hydrogen-bond donors (Lipinski definition) is 0. The van der Waals surface area contributed by atoms with Gasteiger partial charge in [-0.25, -0.2) is 0 Å². The Kier molecular flexibility index (Phi) is 3.36. The topological polar surface area (TPSA) is 20.3 Å². The number of piperidine rings is 1. The highest BCUT2D eigenvalue weighted by atomic mass is 16.1. The zero-order valence-electron chi connectivity index (χ0n) is 10.1. The first-order valence-corrected chi connectivity index (χ1v) is 5.57. The van der Waals surface area contributed by atoms with Crippen molar-refractivity contribution in [2.24, 2.45) is 11.3 Å². The second kappa shape index (κ2) is 4.01. The average Bonchev–Trinajstić information content (AvgIpc) is 2.01. The molecule has 0 spiro atoms. The Balaban J connectivity index is 2.65. The second-order valence-electron chi connectivity index (χ2n) is 5.75. The fraction of sp³-hybridized carbons (Fsp3) is 0.917. The van der Waals surface area contributed by atoms with Gasteiger partial charge in [-0.15, -0.1) is 0 Å². The third-order valence-electron chi connectivity index (χ3n) is 3.11. The van der Waals surface area contributed by atoms with Crippen LogP contribution in [-0.4, -0.2) is 30.3 Å². The number of nitrogens with zero attached hydrogens (tertiary/aromatic N) is 1. The van der Waals surface area contributed by atoms with Crippen molar-refractivity contribution >= 4 is 5.78 Å². The Bertz CT molecular complexity index is 217. The van der Waals surface area contributed by atoms with Crippen LogP contribution in [0, 0.1) is 11.3 Å². The molecule has 2 nitrogen and oxygen atoms in total. The number of Topliss-reactive ketones (excluding diaryl/α,β-unsaturated/α-hetero) is 1. The molecule has 1 rings (SSSR count). The van der Waals surface area contributed by atoms with Crippen LogP contribution >= 0.6 is 0 Å². The van der Waals surface area contributed by atoms with Gasteiger partial charge < -0.3 is 0 Å². The first-order valence-electron chi connectivity index (χ1n) is 5.57. The van der Waals surface area contributed by atoms with Gasteiger partial charge in [-0.1, -0.05) is 27.7 Å². The second-order valence-corrected chi connectivity index (χ2v) is 5.75. The predicted octanol–water partition coefficient (Wildman–Crippen LogP) is 2.33. The summed E-state index contributed by atoms with van der Waals surface area (Å²) in [7, 11) is 2.07. The molecule has 0 saturated carbocycles. The molecule has 14 heavy (non-hydrogen) atoms. The van der Waals surface area contributed by atoms with E-state index in [1.54, 1.807) is 0 Å². The lowest BCUT2D eigenvalue weighted by atomic mass is 9.81. The molecule has 2 heteroatoms. The van der Waals surface area contributed by atoms with E-state index in [0.717, 1.165) is 18.9 Å². The van der Waals surface area contributed by atoms with Gasteiger partial charge >= 0.3 is 0 Å². The van der Waals surface area contributed by atoms with Crippen LogP contribution in [0.15, 0.2) is 0 Å². The summed E-state index contributed by atoms with van der Waals surface area (Å²) in [4.78, 5) is 14.3. The minimum atomic E-state index is -0.195. The third-order valence-corrected chi connectivity index (χ3v) is 3.11. The summed E-state index contributed by atoms with van der Waals surface area (Å²) in [5, 5.41) is 0. The highest BCUT2D eigenvalue weighted by Crippen LogP contribution is 2.27. The van der Waals surface area contributed by atoms with Crippen molar-refractivity contribution in [2.45, 2.75) is 46.6 Å². The molecular weight excluding hydrogens is 174 g/mol. The van der Waals surface area contributed by atoms with Crippen molar-refractivity contribution < 1.29 is 4.79 Å². The van der Waals surface area contributed by atoms with Crippen molar-refractivity contribution in [3.05, 3.63) is 0 Å². The molecular formula is C12H23NO. The van der Waals surface area contributed by atoms with E-state index in [1.807, 2.05) is 20.8 Å². The molecule has 0 aliphatic carbocycles. The molecule has 0 bridgehead atoms. The zero-order chi connectivity index (χ0) is 10.9. The van der Waals surface area contributed by atoms with Crippen LogP contribution in [0.1, 0.15) is 40.5 Å². The fourth-order valence-electron chi connectivity index (χ4n) is 2.20. The zero-order valence-corrected chi connectivity index (χ0v) is 10.1. The van der Waals surface area contributed by atoms with Crippen LogP contribution in [0.25, 0.3) is 0 Å². The highest BCUT2D eigenvalue weighted by Gasteiger charge is 2.34. The monoisotopic (exact) mass is 197 g/mol. The molecule has 1 heterocycles.